The van der Waals surface area contributed by atoms with E-state index in [9.17, 15) is 23.6 Å². The number of aromatic nitrogens is 1. The molecule has 0 aliphatic carbocycles. The van der Waals surface area contributed by atoms with Gasteiger partial charge in [0.05, 0.1) is 36.1 Å². The van der Waals surface area contributed by atoms with Gasteiger partial charge in [0, 0.05) is 17.3 Å². The molecule has 1 atom stereocenters. The monoisotopic (exact) mass is 371 g/mol. The summed E-state index contributed by atoms with van der Waals surface area (Å²) in [6, 6.07) is 6.40. The number of fused-ring (bicyclic) bond motifs is 1. The van der Waals surface area contributed by atoms with Crippen LogP contribution in [-0.2, 0) is 11.3 Å². The minimum absolute atomic E-state index is 0.0931. The Kier molecular flexibility index (Phi) is 4.98. The number of halogens is 2. The Hall–Kier alpha value is -3.54. The highest BCUT2D eigenvalue weighted by molar-refractivity contribution is 5.95. The number of benzene rings is 1. The van der Waals surface area contributed by atoms with Gasteiger partial charge in [-0.15, -0.1) is 0 Å². The molecule has 9 heteroatoms. The van der Waals surface area contributed by atoms with Gasteiger partial charge in [0.15, 0.2) is 0 Å². The van der Waals surface area contributed by atoms with Crippen LogP contribution in [0.5, 0.6) is 0 Å². The van der Waals surface area contributed by atoms with E-state index in [1.165, 1.54) is 11.8 Å². The molecule has 2 aromatic rings. The van der Waals surface area contributed by atoms with Crippen LogP contribution in [-0.4, -0.2) is 28.4 Å². The normalized spacial score (nSPS) is 14.0. The van der Waals surface area contributed by atoms with Crippen LogP contribution in [0.1, 0.15) is 29.8 Å². The molecule has 0 saturated carbocycles. The summed E-state index contributed by atoms with van der Waals surface area (Å²) in [4.78, 5) is 29.3. The molecule has 0 fully saturated rings. The van der Waals surface area contributed by atoms with Crippen molar-refractivity contribution < 1.29 is 18.4 Å². The van der Waals surface area contributed by atoms with Gasteiger partial charge < -0.3 is 15.5 Å². The topological polar surface area (TPSA) is 98.1 Å². The Morgan fingerprint density at radius 1 is 1.48 bits per heavy atom. The molecule has 0 saturated heterocycles. The van der Waals surface area contributed by atoms with E-state index in [1.807, 2.05) is 6.07 Å². The van der Waals surface area contributed by atoms with Gasteiger partial charge in [-0.1, -0.05) is 6.07 Å². The Bertz CT molecular complexity index is 957. The minimum atomic E-state index is -0.869. The van der Waals surface area contributed by atoms with Crippen LogP contribution in [0, 0.1) is 23.0 Å². The first kappa shape index (κ1) is 18.3. The molecule has 138 valence electrons. The summed E-state index contributed by atoms with van der Waals surface area (Å²) >= 11 is 0. The fourth-order valence-corrected chi connectivity index (χ4v) is 2.84. The summed E-state index contributed by atoms with van der Waals surface area (Å²) in [5.41, 5.74) is 1.45. The number of anilines is 1. The standard InChI is InChI=1S/C18H15F2N5O2/c1-10(17-14(20)5-12(19)7-22-17)23-16(26)9-25-8-13-11(6-21)3-2-4-15(13)24-18(25)27/h2-5,7,10H,8-9H2,1H3,(H,23,26)(H,24,27)/t10-/m0/s1. The van der Waals surface area contributed by atoms with Crippen molar-refractivity contribution in [3.8, 4) is 6.07 Å². The second kappa shape index (κ2) is 7.37. The number of nitrogens with one attached hydrogen (secondary N) is 2. The average molecular weight is 371 g/mol. The number of rotatable bonds is 4. The summed E-state index contributed by atoms with van der Waals surface area (Å²) in [7, 11) is 0. The van der Waals surface area contributed by atoms with Crippen LogP contribution < -0.4 is 10.6 Å². The molecule has 2 N–H and O–H groups in total. The molecule has 1 aromatic carbocycles. The number of nitriles is 1. The third-order valence-electron chi connectivity index (χ3n) is 4.13. The van der Waals surface area contributed by atoms with Crippen molar-refractivity contribution in [3.63, 3.8) is 0 Å². The van der Waals surface area contributed by atoms with Crippen LogP contribution in [0.15, 0.2) is 30.5 Å². The summed E-state index contributed by atoms with van der Waals surface area (Å²) in [5, 5.41) is 14.3. The van der Waals surface area contributed by atoms with Crippen LogP contribution in [0.3, 0.4) is 0 Å². The largest absolute Gasteiger partial charge is 0.346 e. The molecule has 3 rings (SSSR count). The lowest BCUT2D eigenvalue weighted by Crippen LogP contribution is -2.45. The molecule has 0 unspecified atom stereocenters. The summed E-state index contributed by atoms with van der Waals surface area (Å²) in [6.45, 7) is 1.30. The van der Waals surface area contributed by atoms with Gasteiger partial charge in [0.25, 0.3) is 0 Å². The average Bonchev–Trinajstić information content (AvgIpc) is 2.61. The molecule has 7 nitrogen and oxygen atoms in total. The number of nitrogens with zero attached hydrogens (tertiary/aromatic N) is 3. The number of carbonyl (C=O) groups excluding carboxylic acids is 2. The molecule has 3 amide bonds. The number of hydrogen-bond donors (Lipinski definition) is 2. The summed E-state index contributed by atoms with van der Waals surface area (Å²) < 4.78 is 26.7. The van der Waals surface area contributed by atoms with Crippen LogP contribution in [0.25, 0.3) is 0 Å². The van der Waals surface area contributed by atoms with Crippen molar-refractivity contribution in [1.82, 2.24) is 15.2 Å². The van der Waals surface area contributed by atoms with Crippen molar-refractivity contribution in [2.75, 3.05) is 11.9 Å². The molecule has 1 aliphatic heterocycles. The first-order valence-electron chi connectivity index (χ1n) is 8.07. The van der Waals surface area contributed by atoms with E-state index < -0.39 is 29.6 Å². The second-order valence-corrected chi connectivity index (χ2v) is 6.04. The molecular weight excluding hydrogens is 356 g/mol. The van der Waals surface area contributed by atoms with E-state index in [-0.39, 0.29) is 18.8 Å². The van der Waals surface area contributed by atoms with Gasteiger partial charge in [0.2, 0.25) is 5.91 Å². The quantitative estimate of drug-likeness (QED) is 0.863. The highest BCUT2D eigenvalue weighted by Gasteiger charge is 2.27. The third-order valence-corrected chi connectivity index (χ3v) is 4.13. The van der Waals surface area contributed by atoms with Gasteiger partial charge >= 0.3 is 6.03 Å². The molecule has 1 aromatic heterocycles. The van der Waals surface area contributed by atoms with E-state index in [4.69, 9.17) is 0 Å². The summed E-state index contributed by atoms with van der Waals surface area (Å²) in [6.07, 6.45) is 0.861. The lowest BCUT2D eigenvalue weighted by molar-refractivity contribution is -0.122. The lowest BCUT2D eigenvalue weighted by atomic mass is 10.0. The molecule has 0 radical (unpaired) electrons. The van der Waals surface area contributed by atoms with Crippen molar-refractivity contribution in [2.24, 2.45) is 0 Å². The first-order chi connectivity index (χ1) is 12.9. The smallest absolute Gasteiger partial charge is 0.322 e. The fourth-order valence-electron chi connectivity index (χ4n) is 2.84. The van der Waals surface area contributed by atoms with Crippen LogP contribution in [0.4, 0.5) is 19.3 Å². The number of hydrogen-bond acceptors (Lipinski definition) is 4. The predicted octanol–water partition coefficient (Wildman–Crippen LogP) is 2.46. The van der Waals surface area contributed by atoms with Gasteiger partial charge in [-0.05, 0) is 19.1 Å². The Labute approximate surface area is 153 Å². The van der Waals surface area contributed by atoms with Gasteiger partial charge in [-0.2, -0.15) is 5.26 Å². The van der Waals surface area contributed by atoms with Crippen molar-refractivity contribution in [2.45, 2.75) is 19.5 Å². The lowest BCUT2D eigenvalue weighted by Gasteiger charge is -2.29. The van der Waals surface area contributed by atoms with Crippen molar-refractivity contribution >= 4 is 17.6 Å². The minimum Gasteiger partial charge on any atom is -0.346 e. The molecule has 1 aliphatic rings. The van der Waals surface area contributed by atoms with Crippen molar-refractivity contribution in [1.29, 1.82) is 5.26 Å². The van der Waals surface area contributed by atoms with E-state index in [1.54, 1.807) is 18.2 Å². The predicted molar refractivity (Wildman–Crippen MR) is 91.3 cm³/mol. The summed E-state index contributed by atoms with van der Waals surface area (Å²) in [5.74, 6) is -2.22. The van der Waals surface area contributed by atoms with Crippen LogP contribution >= 0.6 is 0 Å². The first-order valence-corrected chi connectivity index (χ1v) is 8.07. The Morgan fingerprint density at radius 2 is 2.26 bits per heavy atom. The zero-order valence-corrected chi connectivity index (χ0v) is 14.3. The van der Waals surface area contributed by atoms with Gasteiger partial charge in [0.1, 0.15) is 18.2 Å². The van der Waals surface area contributed by atoms with Gasteiger partial charge in [-0.25, -0.2) is 13.6 Å². The SMILES string of the molecule is C[C@H](NC(=O)CN1Cc2c(C#N)cccc2NC1=O)c1ncc(F)cc1F. The second-order valence-electron chi connectivity index (χ2n) is 6.04. The Balaban J connectivity index is 1.69. The molecule has 0 spiro atoms. The van der Waals surface area contributed by atoms with E-state index in [2.05, 4.69) is 15.6 Å². The number of amides is 3. The zero-order valence-electron chi connectivity index (χ0n) is 14.3. The van der Waals surface area contributed by atoms with E-state index in [0.717, 1.165) is 6.20 Å². The van der Waals surface area contributed by atoms with Crippen LogP contribution in [0.2, 0.25) is 0 Å². The third kappa shape index (κ3) is 3.84. The maximum absolute atomic E-state index is 13.8. The fraction of sp³-hybridized carbons (Fsp3) is 0.222. The molecule has 2 heterocycles. The van der Waals surface area contributed by atoms with E-state index >= 15 is 0 Å². The molecular formula is C18H15F2N5O2. The number of urea groups is 1. The molecule has 27 heavy (non-hydrogen) atoms. The number of carbonyl (C=O) groups is 2. The molecule has 0 bridgehead atoms. The maximum atomic E-state index is 13.8. The zero-order chi connectivity index (χ0) is 19.6. The Morgan fingerprint density at radius 3 is 2.96 bits per heavy atom. The number of pyridine rings is 1. The highest BCUT2D eigenvalue weighted by atomic mass is 19.1. The highest BCUT2D eigenvalue weighted by Crippen LogP contribution is 2.26. The van der Waals surface area contributed by atoms with E-state index in [0.29, 0.717) is 22.9 Å². The maximum Gasteiger partial charge on any atom is 0.322 e. The van der Waals surface area contributed by atoms with Crippen molar-refractivity contribution in [3.05, 3.63) is 58.9 Å². The van der Waals surface area contributed by atoms with Gasteiger partial charge in [-0.3, -0.25) is 9.78 Å².